The third-order valence-electron chi connectivity index (χ3n) is 7.73. The number of rotatable bonds is 6. The Balaban J connectivity index is 2.47. The Bertz CT molecular complexity index is 1050. The lowest BCUT2D eigenvalue weighted by molar-refractivity contribution is -0.534. The van der Waals surface area contributed by atoms with E-state index in [9.17, 15) is 23.1 Å². The summed E-state index contributed by atoms with van der Waals surface area (Å²) in [6.07, 6.45) is -7.66. The van der Waals surface area contributed by atoms with E-state index in [0.29, 0.717) is 12.8 Å². The summed E-state index contributed by atoms with van der Waals surface area (Å²) < 4.78 is 120. The van der Waals surface area contributed by atoms with E-state index in [1.807, 2.05) is 4.91 Å². The number of hydrogen-bond donors (Lipinski definition) is 1. The van der Waals surface area contributed by atoms with E-state index in [1.54, 1.807) is 0 Å². The summed E-state index contributed by atoms with van der Waals surface area (Å²) in [4.78, 5) is 16.8. The van der Waals surface area contributed by atoms with Crippen LogP contribution in [0, 0.1) is 11.8 Å². The number of esters is 1. The van der Waals surface area contributed by atoms with Gasteiger partial charge in [-0.15, -0.1) is 0 Å². The van der Waals surface area contributed by atoms with Crippen LogP contribution in [-0.2, 0) is 14.3 Å². The van der Waals surface area contributed by atoms with Gasteiger partial charge in [0.05, 0.1) is 0 Å². The molecule has 3 atom stereocenters. The second-order valence-electron chi connectivity index (χ2n) is 9.71. The highest BCUT2D eigenvalue weighted by Gasteiger charge is 2.95. The predicted molar refractivity (Wildman–Crippen MR) is 114 cm³/mol. The molecule has 1 heterocycles. The lowest BCUT2D eigenvalue weighted by Crippen LogP contribution is -2.88. The van der Waals surface area contributed by atoms with Gasteiger partial charge in [0.1, 0.15) is 5.70 Å². The fraction of sp³-hybridized carbons (Fsp3) is 0.857. The fourth-order valence-electron chi connectivity index (χ4n) is 6.06. The van der Waals surface area contributed by atoms with Crippen molar-refractivity contribution in [1.82, 2.24) is 0 Å². The van der Waals surface area contributed by atoms with E-state index in [-0.39, 0.29) is 25.7 Å². The Kier molecular flexibility index (Phi) is 7.92. The van der Waals surface area contributed by atoms with Crippen molar-refractivity contribution in [3.05, 3.63) is 33.2 Å². The molecule has 17 heteroatoms. The zero-order valence-electron chi connectivity index (χ0n) is 19.9. The molecule has 0 radical (unpaired) electrons. The lowest BCUT2D eigenvalue weighted by atomic mass is 9.59. The molecule has 3 fully saturated rings. The molecular formula is C21H25F7N6O4. The number of hydrogen-bond acceptors (Lipinski definition) is 6. The fourth-order valence-corrected chi connectivity index (χ4v) is 6.06. The number of nitrogens with zero attached hydrogens (tertiary/aromatic N) is 6. The van der Waals surface area contributed by atoms with Crippen LogP contribution in [0.25, 0.3) is 20.9 Å². The van der Waals surface area contributed by atoms with E-state index in [0.717, 1.165) is 0 Å². The van der Waals surface area contributed by atoms with Gasteiger partial charge in [0.25, 0.3) is 0 Å². The Morgan fingerprint density at radius 3 is 1.87 bits per heavy atom. The first-order chi connectivity index (χ1) is 17.6. The predicted octanol–water partition coefficient (Wildman–Crippen LogP) is 6.81. The average Bonchev–Trinajstić information content (AvgIpc) is 2.85. The van der Waals surface area contributed by atoms with Crippen LogP contribution < -0.4 is 0 Å². The Morgan fingerprint density at radius 2 is 1.42 bits per heavy atom. The van der Waals surface area contributed by atoms with Crippen LogP contribution in [0.5, 0.6) is 0 Å². The van der Waals surface area contributed by atoms with Crippen molar-refractivity contribution >= 4 is 5.97 Å². The Hall–Kier alpha value is -2.74. The van der Waals surface area contributed by atoms with Crippen LogP contribution >= 0.6 is 0 Å². The molecular weight excluding hydrogens is 533 g/mol. The van der Waals surface area contributed by atoms with Gasteiger partial charge in [-0.05, 0) is 41.9 Å². The molecule has 0 spiro atoms. The standard InChI is InChI=1S/C21H25F7N6O4/c1-12(31-33-29)15(35)37-16(13-8-4-2-5-9-13)18(22,23)17(20(26,27)28,14-10-6-3-7-11-14)38-21(36,32-34-30)19(16,24)25/h13-14,36H,1-11H2. The summed E-state index contributed by atoms with van der Waals surface area (Å²) in [5.74, 6) is -22.8. The molecule has 1 aliphatic heterocycles. The van der Waals surface area contributed by atoms with E-state index < -0.39 is 84.3 Å². The molecule has 3 rings (SSSR count). The molecule has 3 unspecified atom stereocenters. The minimum absolute atomic E-state index is 0.00216. The van der Waals surface area contributed by atoms with Gasteiger partial charge in [0.2, 0.25) is 11.2 Å². The molecule has 38 heavy (non-hydrogen) atoms. The molecule has 0 aromatic rings. The van der Waals surface area contributed by atoms with Crippen molar-refractivity contribution in [3.8, 4) is 0 Å². The summed E-state index contributed by atoms with van der Waals surface area (Å²) in [5.41, 5.74) is 6.53. The van der Waals surface area contributed by atoms with Crippen LogP contribution in [0.4, 0.5) is 30.7 Å². The van der Waals surface area contributed by atoms with Crippen LogP contribution in [0.15, 0.2) is 22.5 Å². The normalized spacial score (nSPS) is 33.9. The molecule has 0 aromatic carbocycles. The highest BCUT2D eigenvalue weighted by atomic mass is 19.4. The van der Waals surface area contributed by atoms with Gasteiger partial charge in [0.15, 0.2) is 0 Å². The number of azide groups is 2. The second-order valence-corrected chi connectivity index (χ2v) is 9.71. The molecule has 3 aliphatic rings. The maximum atomic E-state index is 16.8. The van der Waals surface area contributed by atoms with Crippen LogP contribution in [0.1, 0.15) is 64.2 Å². The summed E-state index contributed by atoms with van der Waals surface area (Å²) in [6, 6.07) is 0. The Morgan fingerprint density at radius 1 is 0.921 bits per heavy atom. The maximum Gasteiger partial charge on any atom is 0.424 e. The molecule has 10 nitrogen and oxygen atoms in total. The lowest BCUT2D eigenvalue weighted by Gasteiger charge is -2.63. The summed E-state index contributed by atoms with van der Waals surface area (Å²) >= 11 is 0. The minimum Gasteiger partial charge on any atom is -0.442 e. The number of halogens is 7. The van der Waals surface area contributed by atoms with Crippen molar-refractivity contribution in [3.63, 3.8) is 0 Å². The zero-order valence-corrected chi connectivity index (χ0v) is 19.9. The van der Waals surface area contributed by atoms with E-state index in [4.69, 9.17) is 11.1 Å². The number of aliphatic hydroxyl groups is 1. The van der Waals surface area contributed by atoms with E-state index in [1.165, 1.54) is 0 Å². The van der Waals surface area contributed by atoms with Crippen molar-refractivity contribution in [2.45, 2.75) is 99.3 Å². The first kappa shape index (κ1) is 29.8. The minimum atomic E-state index is -6.14. The number of carbonyl (C=O) groups excluding carboxylic acids is 1. The molecule has 2 aliphatic carbocycles. The maximum absolute atomic E-state index is 16.8. The SMILES string of the molecule is C=C(N=[N+]=[N-])C(=O)OC1(C2CCCCC2)C(F)(F)C(O)(N=[N+]=[N-])OC(C2CCCCC2)(C(F)(F)F)C1(F)F. The van der Waals surface area contributed by atoms with Crippen molar-refractivity contribution in [2.75, 3.05) is 0 Å². The van der Waals surface area contributed by atoms with Gasteiger partial charge in [-0.2, -0.15) is 30.7 Å². The second kappa shape index (κ2) is 10.1. The van der Waals surface area contributed by atoms with Crippen molar-refractivity contribution in [2.24, 2.45) is 22.1 Å². The van der Waals surface area contributed by atoms with Crippen LogP contribution in [-0.4, -0.2) is 46.2 Å². The molecule has 1 N–H and O–H groups in total. The topological polar surface area (TPSA) is 153 Å². The molecule has 212 valence electrons. The number of ether oxygens (including phenoxy) is 2. The molecule has 0 bridgehead atoms. The average molecular weight is 558 g/mol. The highest BCUT2D eigenvalue weighted by Crippen LogP contribution is 2.70. The number of alkyl halides is 7. The summed E-state index contributed by atoms with van der Waals surface area (Å²) in [7, 11) is 0. The third-order valence-corrected chi connectivity index (χ3v) is 7.73. The quantitative estimate of drug-likeness (QED) is 0.0950. The Labute approximate surface area is 211 Å². The summed E-state index contributed by atoms with van der Waals surface area (Å²) in [5, 5.41) is 15.8. The van der Waals surface area contributed by atoms with Crippen LogP contribution in [0.3, 0.4) is 0 Å². The van der Waals surface area contributed by atoms with Gasteiger partial charge < -0.3 is 14.6 Å². The van der Waals surface area contributed by atoms with Gasteiger partial charge in [-0.25, -0.2) is 4.79 Å². The van der Waals surface area contributed by atoms with E-state index >= 15 is 17.6 Å². The first-order valence-corrected chi connectivity index (χ1v) is 11.9. The van der Waals surface area contributed by atoms with Gasteiger partial charge in [-0.1, -0.05) is 50.2 Å². The first-order valence-electron chi connectivity index (χ1n) is 11.9. The highest BCUT2D eigenvalue weighted by molar-refractivity contribution is 5.87. The summed E-state index contributed by atoms with van der Waals surface area (Å²) in [6.45, 7) is 2.95. The molecule has 0 aromatic heterocycles. The largest absolute Gasteiger partial charge is 0.442 e. The van der Waals surface area contributed by atoms with Crippen LogP contribution in [0.2, 0.25) is 0 Å². The molecule has 0 amide bonds. The van der Waals surface area contributed by atoms with Crippen molar-refractivity contribution < 1.29 is 50.1 Å². The number of carbonyl (C=O) groups is 1. The monoisotopic (exact) mass is 558 g/mol. The smallest absolute Gasteiger partial charge is 0.424 e. The molecule has 2 saturated carbocycles. The van der Waals surface area contributed by atoms with Gasteiger partial charge in [0, 0.05) is 21.7 Å². The van der Waals surface area contributed by atoms with Crippen molar-refractivity contribution in [1.29, 1.82) is 0 Å². The van der Waals surface area contributed by atoms with Gasteiger partial charge >= 0.3 is 29.9 Å². The zero-order chi connectivity index (χ0) is 28.6. The van der Waals surface area contributed by atoms with Gasteiger partial charge in [-0.3, -0.25) is 0 Å². The molecule has 1 saturated heterocycles. The van der Waals surface area contributed by atoms with E-state index in [2.05, 4.69) is 31.2 Å². The third kappa shape index (κ3) is 4.07.